The summed E-state index contributed by atoms with van der Waals surface area (Å²) in [6.07, 6.45) is 0. The molecule has 0 aliphatic rings. The fourth-order valence-electron chi connectivity index (χ4n) is 1.70. The van der Waals surface area contributed by atoms with E-state index in [2.05, 4.69) is 47.6 Å². The van der Waals surface area contributed by atoms with Gasteiger partial charge < -0.3 is 0 Å². The SMILES string of the molecule is Cn1nnc(Br)c1C(NN)c1ccc(Br)cc1F. The zero-order valence-corrected chi connectivity index (χ0v) is 12.5. The lowest BCUT2D eigenvalue weighted by Gasteiger charge is -2.17. The maximum Gasteiger partial charge on any atom is 0.153 e. The van der Waals surface area contributed by atoms with Crippen molar-refractivity contribution >= 4 is 31.9 Å². The van der Waals surface area contributed by atoms with E-state index in [0.29, 0.717) is 20.3 Å². The van der Waals surface area contributed by atoms with Gasteiger partial charge in [0.25, 0.3) is 0 Å². The number of nitrogens with one attached hydrogen (secondary N) is 1. The molecular formula is C10H10Br2FN5. The van der Waals surface area contributed by atoms with Crippen molar-refractivity contribution in [2.75, 3.05) is 0 Å². The molecule has 3 N–H and O–H groups in total. The second kappa shape index (κ2) is 5.43. The summed E-state index contributed by atoms with van der Waals surface area (Å²) in [4.78, 5) is 0. The minimum absolute atomic E-state index is 0.361. The normalized spacial score (nSPS) is 12.7. The minimum atomic E-state index is -0.535. The van der Waals surface area contributed by atoms with E-state index >= 15 is 0 Å². The van der Waals surface area contributed by atoms with Crippen LogP contribution in [0, 0.1) is 5.82 Å². The van der Waals surface area contributed by atoms with Crippen molar-refractivity contribution in [1.29, 1.82) is 0 Å². The third-order valence-corrected chi connectivity index (χ3v) is 3.60. The van der Waals surface area contributed by atoms with Gasteiger partial charge in [-0.1, -0.05) is 27.2 Å². The fraction of sp³-hybridized carbons (Fsp3) is 0.200. The molecule has 96 valence electrons. The number of rotatable bonds is 3. The molecule has 0 saturated heterocycles. The van der Waals surface area contributed by atoms with Crippen LogP contribution in [0.15, 0.2) is 27.3 Å². The molecule has 5 nitrogen and oxygen atoms in total. The number of hydrazine groups is 1. The molecule has 18 heavy (non-hydrogen) atoms. The maximum absolute atomic E-state index is 14.0. The number of benzene rings is 1. The second-order valence-electron chi connectivity index (χ2n) is 3.65. The van der Waals surface area contributed by atoms with Crippen LogP contribution in [0.25, 0.3) is 0 Å². The summed E-state index contributed by atoms with van der Waals surface area (Å²) in [5.74, 6) is 5.16. The monoisotopic (exact) mass is 377 g/mol. The molecule has 1 unspecified atom stereocenters. The first-order valence-electron chi connectivity index (χ1n) is 5.00. The third-order valence-electron chi connectivity index (χ3n) is 2.54. The van der Waals surface area contributed by atoms with Crippen molar-refractivity contribution < 1.29 is 4.39 Å². The highest BCUT2D eigenvalue weighted by Crippen LogP contribution is 2.29. The highest BCUT2D eigenvalue weighted by Gasteiger charge is 2.23. The van der Waals surface area contributed by atoms with Crippen LogP contribution in [0.1, 0.15) is 17.3 Å². The molecule has 0 radical (unpaired) electrons. The Hall–Kier alpha value is -0.830. The van der Waals surface area contributed by atoms with Gasteiger partial charge in [0.2, 0.25) is 0 Å². The van der Waals surface area contributed by atoms with Crippen LogP contribution in [0.4, 0.5) is 4.39 Å². The highest BCUT2D eigenvalue weighted by molar-refractivity contribution is 9.10. The van der Waals surface area contributed by atoms with Crippen molar-refractivity contribution in [3.63, 3.8) is 0 Å². The van der Waals surface area contributed by atoms with Gasteiger partial charge in [-0.3, -0.25) is 5.84 Å². The highest BCUT2D eigenvalue weighted by atomic mass is 79.9. The Morgan fingerprint density at radius 2 is 2.17 bits per heavy atom. The van der Waals surface area contributed by atoms with Gasteiger partial charge in [-0.2, -0.15) is 0 Å². The van der Waals surface area contributed by atoms with E-state index in [1.54, 1.807) is 19.2 Å². The lowest BCUT2D eigenvalue weighted by Crippen LogP contribution is -2.31. The Bertz CT molecular complexity index is 552. The molecule has 1 aromatic heterocycles. The van der Waals surface area contributed by atoms with Crippen molar-refractivity contribution in [1.82, 2.24) is 20.4 Å². The molecular weight excluding hydrogens is 369 g/mol. The first-order chi connectivity index (χ1) is 8.54. The summed E-state index contributed by atoms with van der Waals surface area (Å²) in [6, 6.07) is 4.26. The first kappa shape index (κ1) is 13.6. The Morgan fingerprint density at radius 1 is 1.44 bits per heavy atom. The third kappa shape index (κ3) is 2.46. The van der Waals surface area contributed by atoms with Crippen LogP contribution >= 0.6 is 31.9 Å². The molecule has 1 heterocycles. The molecule has 1 aromatic carbocycles. The molecule has 1 atom stereocenters. The zero-order chi connectivity index (χ0) is 13.3. The molecule has 0 bridgehead atoms. The number of nitrogens with zero attached hydrogens (tertiary/aromatic N) is 3. The van der Waals surface area contributed by atoms with Gasteiger partial charge >= 0.3 is 0 Å². The van der Waals surface area contributed by atoms with Gasteiger partial charge in [-0.05, 0) is 28.1 Å². The quantitative estimate of drug-likeness (QED) is 0.633. The van der Waals surface area contributed by atoms with Crippen LogP contribution < -0.4 is 11.3 Å². The van der Waals surface area contributed by atoms with Gasteiger partial charge in [-0.25, -0.2) is 14.5 Å². The van der Waals surface area contributed by atoms with Crippen LogP contribution in [-0.2, 0) is 7.05 Å². The number of halogens is 3. The fourth-order valence-corrected chi connectivity index (χ4v) is 2.59. The smallest absolute Gasteiger partial charge is 0.153 e. The van der Waals surface area contributed by atoms with E-state index in [1.807, 2.05) is 0 Å². The zero-order valence-electron chi connectivity index (χ0n) is 9.36. The summed E-state index contributed by atoms with van der Waals surface area (Å²) in [5.41, 5.74) is 3.65. The molecule has 0 saturated carbocycles. The summed E-state index contributed by atoms with van der Waals surface area (Å²) in [6.45, 7) is 0. The van der Waals surface area contributed by atoms with Crippen LogP contribution in [0.3, 0.4) is 0 Å². The van der Waals surface area contributed by atoms with E-state index in [4.69, 9.17) is 5.84 Å². The Balaban J connectivity index is 2.52. The van der Waals surface area contributed by atoms with E-state index in [0.717, 1.165) is 0 Å². The van der Waals surface area contributed by atoms with Crippen LogP contribution in [0.2, 0.25) is 0 Å². The molecule has 8 heteroatoms. The minimum Gasteiger partial charge on any atom is -0.271 e. The molecule has 2 aromatic rings. The summed E-state index contributed by atoms with van der Waals surface area (Å²) in [7, 11) is 1.72. The predicted molar refractivity (Wildman–Crippen MR) is 72.0 cm³/mol. The van der Waals surface area contributed by atoms with E-state index in [-0.39, 0.29) is 5.82 Å². The van der Waals surface area contributed by atoms with Gasteiger partial charge in [0.1, 0.15) is 5.82 Å². The van der Waals surface area contributed by atoms with Gasteiger partial charge in [-0.15, -0.1) is 5.10 Å². The van der Waals surface area contributed by atoms with Crippen molar-refractivity contribution in [2.45, 2.75) is 6.04 Å². The lowest BCUT2D eigenvalue weighted by atomic mass is 10.0. The van der Waals surface area contributed by atoms with E-state index in [9.17, 15) is 4.39 Å². The molecule has 0 aliphatic carbocycles. The van der Waals surface area contributed by atoms with Gasteiger partial charge in [0.05, 0.1) is 11.7 Å². The number of aryl methyl sites for hydroxylation is 1. The topological polar surface area (TPSA) is 68.8 Å². The predicted octanol–water partition coefficient (Wildman–Crippen LogP) is 2.03. The molecule has 0 fully saturated rings. The van der Waals surface area contributed by atoms with Crippen LogP contribution in [0.5, 0.6) is 0 Å². The second-order valence-corrected chi connectivity index (χ2v) is 5.32. The van der Waals surface area contributed by atoms with Crippen molar-refractivity contribution in [2.24, 2.45) is 12.9 Å². The first-order valence-corrected chi connectivity index (χ1v) is 6.59. The molecule has 0 aliphatic heterocycles. The number of aromatic nitrogens is 3. The standard InChI is InChI=1S/C10H10Br2FN5/c1-18-9(10(12)16-17-18)8(15-14)6-3-2-5(11)4-7(6)13/h2-4,8,15H,14H2,1H3. The Labute approximate surface area is 120 Å². The maximum atomic E-state index is 14.0. The van der Waals surface area contributed by atoms with Gasteiger partial charge in [0.15, 0.2) is 4.60 Å². The van der Waals surface area contributed by atoms with E-state index in [1.165, 1.54) is 10.7 Å². The number of nitrogens with two attached hydrogens (primary N) is 1. The average Bonchev–Trinajstić information content (AvgIpc) is 2.64. The van der Waals surface area contributed by atoms with E-state index < -0.39 is 6.04 Å². The lowest BCUT2D eigenvalue weighted by molar-refractivity contribution is 0.530. The van der Waals surface area contributed by atoms with Crippen molar-refractivity contribution in [3.8, 4) is 0 Å². The number of hydrogen-bond acceptors (Lipinski definition) is 4. The average molecular weight is 379 g/mol. The summed E-state index contributed by atoms with van der Waals surface area (Å²) < 4.78 is 16.7. The summed E-state index contributed by atoms with van der Waals surface area (Å²) >= 11 is 6.49. The summed E-state index contributed by atoms with van der Waals surface area (Å²) in [5, 5.41) is 7.71. The largest absolute Gasteiger partial charge is 0.271 e. The van der Waals surface area contributed by atoms with Crippen molar-refractivity contribution in [3.05, 3.63) is 44.3 Å². The van der Waals surface area contributed by atoms with Gasteiger partial charge in [0, 0.05) is 17.1 Å². The molecule has 0 spiro atoms. The molecule has 0 amide bonds. The van der Waals surface area contributed by atoms with Crippen LogP contribution in [-0.4, -0.2) is 15.0 Å². The Kier molecular flexibility index (Phi) is 4.10. The molecule has 2 rings (SSSR count). The number of hydrogen-bond donors (Lipinski definition) is 2. The Morgan fingerprint density at radius 3 is 2.67 bits per heavy atom.